The molecule has 1 aromatic rings. The second-order valence-electron chi connectivity index (χ2n) is 3.19. The average Bonchev–Trinajstić information content (AvgIpc) is 2.34. The molecule has 0 fully saturated rings. The van der Waals surface area contributed by atoms with E-state index < -0.39 is 6.03 Å². The number of phenolic OH excluding ortho intramolecular Hbond substituents is 2. The zero-order valence-corrected chi connectivity index (χ0v) is 10.7. The Balaban J connectivity index is 0.000000982. The molecule has 1 rings (SSSR count). The summed E-state index contributed by atoms with van der Waals surface area (Å²) in [6, 6.07) is 3.42. The van der Waals surface area contributed by atoms with Gasteiger partial charge in [0.05, 0.1) is 5.69 Å². The van der Waals surface area contributed by atoms with Gasteiger partial charge in [-0.05, 0) is 19.1 Å². The molecule has 0 radical (unpaired) electrons. The molecule has 0 atom stereocenters. The van der Waals surface area contributed by atoms with Crippen LogP contribution < -0.4 is 16.4 Å². The fraction of sp³-hybridized carbons (Fsp3) is 0.273. The van der Waals surface area contributed by atoms with Gasteiger partial charge in [0.15, 0.2) is 11.5 Å². The number of nitrogens with one attached hydrogen (secondary N) is 2. The van der Waals surface area contributed by atoms with Crippen molar-refractivity contribution >= 4 is 17.7 Å². The van der Waals surface area contributed by atoms with Crippen molar-refractivity contribution in [3.05, 3.63) is 18.2 Å². The molecule has 0 aliphatic heterocycles. The fourth-order valence-electron chi connectivity index (χ4n) is 0.927. The molecule has 0 saturated carbocycles. The number of carbonyl (C=O) groups excluding carboxylic acids is 1. The van der Waals surface area contributed by atoms with Crippen LogP contribution in [-0.4, -0.2) is 41.0 Å². The molecule has 0 aliphatic rings. The van der Waals surface area contributed by atoms with Crippen molar-refractivity contribution in [3.63, 3.8) is 0 Å². The van der Waals surface area contributed by atoms with Crippen molar-refractivity contribution in [3.8, 4) is 11.5 Å². The number of aliphatic imine (C=N–C) groups is 1. The molecule has 0 spiro atoms. The number of benzene rings is 1. The van der Waals surface area contributed by atoms with Crippen molar-refractivity contribution in [2.45, 2.75) is 6.92 Å². The van der Waals surface area contributed by atoms with E-state index in [2.05, 4.69) is 15.6 Å². The summed E-state index contributed by atoms with van der Waals surface area (Å²) in [6.07, 6.45) is 0. The van der Waals surface area contributed by atoms with Crippen molar-refractivity contribution < 1.29 is 20.1 Å². The lowest BCUT2D eigenvalue weighted by atomic mass is 10.3. The van der Waals surface area contributed by atoms with Gasteiger partial charge in [-0.15, -0.1) is 0 Å². The highest BCUT2D eigenvalue weighted by Gasteiger charge is 2.02. The molecular weight excluding hydrogens is 252 g/mol. The van der Waals surface area contributed by atoms with Gasteiger partial charge in [-0.25, -0.2) is 9.79 Å². The van der Waals surface area contributed by atoms with Gasteiger partial charge < -0.3 is 26.4 Å². The Bertz CT molecular complexity index is 448. The van der Waals surface area contributed by atoms with Crippen LogP contribution in [0.25, 0.3) is 0 Å². The summed E-state index contributed by atoms with van der Waals surface area (Å²) < 4.78 is 0. The summed E-state index contributed by atoms with van der Waals surface area (Å²) >= 11 is 0. The summed E-state index contributed by atoms with van der Waals surface area (Å²) in [5.41, 5.74) is 5.71. The predicted molar refractivity (Wildman–Crippen MR) is 71.4 cm³/mol. The van der Waals surface area contributed by atoms with E-state index >= 15 is 0 Å². The number of nitrogens with zero attached hydrogens (tertiary/aromatic N) is 1. The van der Waals surface area contributed by atoms with Crippen LogP contribution in [0, 0.1) is 0 Å². The molecular formula is C11H18N4O4. The van der Waals surface area contributed by atoms with Crippen LogP contribution in [0.4, 0.5) is 10.5 Å². The maximum atomic E-state index is 10.9. The van der Waals surface area contributed by atoms with Crippen LogP contribution in [0.2, 0.25) is 0 Å². The standard InChI is InChI=1S/C9H12N4O3.C2H6O/c1-11-9(16)13-8(10)12-5-2-3-6(14)7(15)4-5;1-2-3/h2-4,14-15H,1H3,(H4,10,11,12,13,16);3H,2H2,1H3. The molecule has 2 amide bonds. The highest BCUT2D eigenvalue weighted by atomic mass is 16.3. The van der Waals surface area contributed by atoms with Gasteiger partial charge in [0, 0.05) is 19.7 Å². The van der Waals surface area contributed by atoms with E-state index in [4.69, 9.17) is 15.9 Å². The second-order valence-corrected chi connectivity index (χ2v) is 3.19. The molecule has 19 heavy (non-hydrogen) atoms. The highest BCUT2D eigenvalue weighted by molar-refractivity contribution is 5.96. The first kappa shape index (κ1) is 16.5. The lowest BCUT2D eigenvalue weighted by Gasteiger charge is -2.03. The lowest BCUT2D eigenvalue weighted by Crippen LogP contribution is -2.41. The zero-order valence-electron chi connectivity index (χ0n) is 10.7. The van der Waals surface area contributed by atoms with Gasteiger partial charge in [0.25, 0.3) is 0 Å². The fourth-order valence-corrected chi connectivity index (χ4v) is 0.927. The third-order valence-electron chi connectivity index (χ3n) is 1.68. The van der Waals surface area contributed by atoms with Gasteiger partial charge in [0.2, 0.25) is 5.96 Å². The minimum atomic E-state index is -0.496. The van der Waals surface area contributed by atoms with Gasteiger partial charge in [-0.1, -0.05) is 0 Å². The summed E-state index contributed by atoms with van der Waals surface area (Å²) in [5.74, 6) is -0.685. The molecule has 0 bridgehead atoms. The lowest BCUT2D eigenvalue weighted by molar-refractivity contribution is 0.247. The van der Waals surface area contributed by atoms with E-state index in [-0.39, 0.29) is 24.1 Å². The van der Waals surface area contributed by atoms with Crippen LogP contribution >= 0.6 is 0 Å². The van der Waals surface area contributed by atoms with Gasteiger partial charge in [-0.3, -0.25) is 5.32 Å². The number of aliphatic hydroxyl groups excluding tert-OH is 1. The van der Waals surface area contributed by atoms with E-state index in [0.717, 1.165) is 0 Å². The topological polar surface area (TPSA) is 140 Å². The number of aliphatic hydroxyl groups is 1. The van der Waals surface area contributed by atoms with Crippen LogP contribution in [0.5, 0.6) is 11.5 Å². The van der Waals surface area contributed by atoms with E-state index in [1.165, 1.54) is 25.2 Å². The largest absolute Gasteiger partial charge is 0.504 e. The number of hydrogen-bond donors (Lipinski definition) is 6. The summed E-state index contributed by atoms with van der Waals surface area (Å²) in [5, 5.41) is 30.4. The molecule has 8 nitrogen and oxygen atoms in total. The number of aromatic hydroxyl groups is 2. The Hall–Kier alpha value is -2.48. The first-order valence-electron chi connectivity index (χ1n) is 5.40. The Morgan fingerprint density at radius 3 is 2.42 bits per heavy atom. The van der Waals surface area contributed by atoms with E-state index in [1.54, 1.807) is 6.92 Å². The number of carbonyl (C=O) groups is 1. The van der Waals surface area contributed by atoms with Crippen molar-refractivity contribution in [2.75, 3.05) is 13.7 Å². The van der Waals surface area contributed by atoms with Gasteiger partial charge in [-0.2, -0.15) is 0 Å². The number of phenols is 2. The summed E-state index contributed by atoms with van der Waals surface area (Å²) in [7, 11) is 1.44. The minimum Gasteiger partial charge on any atom is -0.504 e. The first-order chi connectivity index (χ1) is 8.94. The molecule has 0 unspecified atom stereocenters. The number of amides is 2. The molecule has 7 N–H and O–H groups in total. The van der Waals surface area contributed by atoms with E-state index in [1.807, 2.05) is 0 Å². The highest BCUT2D eigenvalue weighted by Crippen LogP contribution is 2.28. The maximum Gasteiger partial charge on any atom is 0.321 e. The monoisotopic (exact) mass is 270 g/mol. The number of rotatable bonds is 1. The maximum absolute atomic E-state index is 10.9. The second kappa shape index (κ2) is 8.59. The Kier molecular flexibility index (Phi) is 7.47. The molecule has 0 aromatic heterocycles. The summed E-state index contributed by atoms with van der Waals surface area (Å²) in [6.45, 7) is 1.93. The minimum absolute atomic E-state index is 0.121. The molecule has 106 valence electrons. The van der Waals surface area contributed by atoms with Crippen LogP contribution in [0.3, 0.4) is 0 Å². The average molecular weight is 270 g/mol. The molecule has 0 aliphatic carbocycles. The van der Waals surface area contributed by atoms with Crippen molar-refractivity contribution in [1.82, 2.24) is 10.6 Å². The third-order valence-corrected chi connectivity index (χ3v) is 1.68. The van der Waals surface area contributed by atoms with Gasteiger partial charge >= 0.3 is 6.03 Å². The van der Waals surface area contributed by atoms with Crippen LogP contribution in [0.1, 0.15) is 6.92 Å². The number of hydrogen-bond acceptors (Lipinski definition) is 5. The van der Waals surface area contributed by atoms with E-state index in [9.17, 15) is 9.90 Å². The predicted octanol–water partition coefficient (Wildman–Crippen LogP) is -0.0284. The van der Waals surface area contributed by atoms with Crippen LogP contribution in [0.15, 0.2) is 23.2 Å². The summed E-state index contributed by atoms with van der Waals surface area (Å²) in [4.78, 5) is 14.7. The third kappa shape index (κ3) is 6.74. The smallest absolute Gasteiger partial charge is 0.321 e. The number of urea groups is 1. The molecule has 0 saturated heterocycles. The van der Waals surface area contributed by atoms with Crippen molar-refractivity contribution in [2.24, 2.45) is 10.7 Å². The first-order valence-corrected chi connectivity index (χ1v) is 5.40. The normalized spacial score (nSPS) is 10.2. The van der Waals surface area contributed by atoms with Crippen LogP contribution in [-0.2, 0) is 0 Å². The number of guanidine groups is 1. The Morgan fingerprint density at radius 1 is 1.37 bits per heavy atom. The Morgan fingerprint density at radius 2 is 1.95 bits per heavy atom. The van der Waals surface area contributed by atoms with Crippen molar-refractivity contribution in [1.29, 1.82) is 0 Å². The SMILES string of the molecule is CCO.CNC(=O)NC(N)=Nc1ccc(O)c(O)c1. The molecule has 8 heteroatoms. The van der Waals surface area contributed by atoms with E-state index in [0.29, 0.717) is 5.69 Å². The number of nitrogens with two attached hydrogens (primary N) is 1. The van der Waals surface area contributed by atoms with Gasteiger partial charge in [0.1, 0.15) is 0 Å². The molecule has 1 aromatic carbocycles. The molecule has 0 heterocycles. The Labute approximate surface area is 110 Å². The quantitative estimate of drug-likeness (QED) is 0.241. The zero-order chi connectivity index (χ0) is 14.8.